The summed E-state index contributed by atoms with van der Waals surface area (Å²) >= 11 is 3.47. The smallest absolute Gasteiger partial charge is 0.161 e. The Hall–Kier alpha value is -1.61. The largest absolute Gasteiger partial charge is 0.370 e. The van der Waals surface area contributed by atoms with Crippen molar-refractivity contribution in [3.8, 4) is 0 Å². The first-order valence-electron chi connectivity index (χ1n) is 6.54. The molecule has 0 aliphatic carbocycles. The van der Waals surface area contributed by atoms with E-state index in [-0.39, 0.29) is 5.78 Å². The van der Waals surface area contributed by atoms with E-state index in [1.165, 1.54) is 11.1 Å². The van der Waals surface area contributed by atoms with Gasteiger partial charge in [0.05, 0.1) is 0 Å². The highest BCUT2D eigenvalue weighted by Crippen LogP contribution is 2.26. The molecule has 2 nitrogen and oxygen atoms in total. The third kappa shape index (κ3) is 3.48. The highest BCUT2D eigenvalue weighted by molar-refractivity contribution is 9.10. The van der Waals surface area contributed by atoms with Gasteiger partial charge in [0.2, 0.25) is 0 Å². The molecule has 2 aromatic carbocycles. The molecule has 20 heavy (non-hydrogen) atoms. The van der Waals surface area contributed by atoms with Crippen molar-refractivity contribution in [2.24, 2.45) is 0 Å². The fraction of sp³-hybridized carbons (Fsp3) is 0.235. The molecule has 0 N–H and O–H groups in total. The summed E-state index contributed by atoms with van der Waals surface area (Å²) in [5.41, 5.74) is 4.19. The molecule has 104 valence electrons. The first kappa shape index (κ1) is 14.8. The molecule has 0 spiro atoms. The summed E-state index contributed by atoms with van der Waals surface area (Å²) in [4.78, 5) is 13.8. The number of carbonyl (C=O) groups is 1. The van der Waals surface area contributed by atoms with Crippen LogP contribution in [0.3, 0.4) is 0 Å². The summed E-state index contributed by atoms with van der Waals surface area (Å²) in [5.74, 6) is 0.0863. The van der Waals surface area contributed by atoms with Crippen molar-refractivity contribution in [3.63, 3.8) is 0 Å². The minimum Gasteiger partial charge on any atom is -0.370 e. The van der Waals surface area contributed by atoms with E-state index in [4.69, 9.17) is 0 Å². The topological polar surface area (TPSA) is 20.3 Å². The van der Waals surface area contributed by atoms with Crippen molar-refractivity contribution in [1.29, 1.82) is 0 Å². The lowest BCUT2D eigenvalue weighted by Crippen LogP contribution is -2.19. The number of ketones is 1. The molecule has 0 fully saturated rings. The van der Waals surface area contributed by atoms with Crippen LogP contribution in [0.15, 0.2) is 46.9 Å². The number of benzene rings is 2. The van der Waals surface area contributed by atoms with Crippen LogP contribution in [0.25, 0.3) is 0 Å². The summed E-state index contributed by atoms with van der Waals surface area (Å²) in [6, 6.07) is 14.2. The van der Waals surface area contributed by atoms with Gasteiger partial charge in [-0.25, -0.2) is 0 Å². The molecule has 0 aliphatic heterocycles. The third-order valence-corrected chi connectivity index (χ3v) is 3.78. The zero-order chi connectivity index (χ0) is 14.7. The van der Waals surface area contributed by atoms with Gasteiger partial charge in [0.15, 0.2) is 5.78 Å². The van der Waals surface area contributed by atoms with Crippen LogP contribution in [0.2, 0.25) is 0 Å². The van der Waals surface area contributed by atoms with E-state index >= 15 is 0 Å². The molecule has 3 heteroatoms. The van der Waals surface area contributed by atoms with Gasteiger partial charge in [0.1, 0.15) is 0 Å². The number of nitrogens with zero attached hydrogens (tertiary/aromatic N) is 1. The van der Waals surface area contributed by atoms with Gasteiger partial charge < -0.3 is 4.90 Å². The molecule has 0 radical (unpaired) electrons. The number of anilines is 1. The number of aryl methyl sites for hydroxylation is 1. The number of hydrogen-bond acceptors (Lipinski definition) is 2. The van der Waals surface area contributed by atoms with Crippen molar-refractivity contribution in [1.82, 2.24) is 0 Å². The Morgan fingerprint density at radius 1 is 1.15 bits per heavy atom. The standard InChI is InChI=1S/C17H18BrNO/c1-12-4-6-14(7-5-12)11-19(3)17-10-15(18)8-9-16(17)13(2)20/h4-10H,11H2,1-3H3. The first-order chi connectivity index (χ1) is 9.47. The Morgan fingerprint density at radius 2 is 1.80 bits per heavy atom. The molecule has 0 heterocycles. The van der Waals surface area contributed by atoms with Crippen molar-refractivity contribution in [2.75, 3.05) is 11.9 Å². The zero-order valence-corrected chi connectivity index (χ0v) is 13.6. The maximum absolute atomic E-state index is 11.7. The molecular formula is C17H18BrNO. The number of halogens is 1. The average Bonchev–Trinajstić information content (AvgIpc) is 2.41. The molecule has 2 aromatic rings. The number of hydrogen-bond donors (Lipinski definition) is 0. The van der Waals surface area contributed by atoms with E-state index in [0.717, 1.165) is 22.3 Å². The molecular weight excluding hydrogens is 314 g/mol. The second kappa shape index (κ2) is 6.23. The van der Waals surface area contributed by atoms with Gasteiger partial charge in [-0.1, -0.05) is 45.8 Å². The van der Waals surface area contributed by atoms with E-state index in [0.29, 0.717) is 0 Å². The Labute approximate surface area is 128 Å². The maximum atomic E-state index is 11.7. The number of Topliss-reactive ketones (excluding diaryl/α,β-unsaturated/α-hetero) is 1. The second-order valence-corrected chi connectivity index (χ2v) is 5.97. The summed E-state index contributed by atoms with van der Waals surface area (Å²) in [6.07, 6.45) is 0. The van der Waals surface area contributed by atoms with E-state index in [2.05, 4.69) is 52.0 Å². The van der Waals surface area contributed by atoms with Crippen molar-refractivity contribution in [2.45, 2.75) is 20.4 Å². The molecule has 2 rings (SSSR count). The highest BCUT2D eigenvalue weighted by atomic mass is 79.9. The molecule has 0 atom stereocenters. The van der Waals surface area contributed by atoms with Crippen LogP contribution < -0.4 is 4.90 Å². The molecule has 0 amide bonds. The number of carbonyl (C=O) groups excluding carboxylic acids is 1. The zero-order valence-electron chi connectivity index (χ0n) is 12.0. The quantitative estimate of drug-likeness (QED) is 0.763. The van der Waals surface area contributed by atoms with E-state index in [1.807, 2.05) is 25.2 Å². The SMILES string of the molecule is CC(=O)c1ccc(Br)cc1N(C)Cc1ccc(C)cc1. The Balaban J connectivity index is 2.28. The van der Waals surface area contributed by atoms with E-state index < -0.39 is 0 Å². The van der Waals surface area contributed by atoms with Crippen LogP contribution in [-0.4, -0.2) is 12.8 Å². The van der Waals surface area contributed by atoms with Gasteiger partial charge in [-0.2, -0.15) is 0 Å². The van der Waals surface area contributed by atoms with Gasteiger partial charge in [0.25, 0.3) is 0 Å². The average molecular weight is 332 g/mol. The fourth-order valence-electron chi connectivity index (χ4n) is 2.17. The maximum Gasteiger partial charge on any atom is 0.161 e. The fourth-order valence-corrected chi connectivity index (χ4v) is 2.52. The molecule has 0 saturated carbocycles. The second-order valence-electron chi connectivity index (χ2n) is 5.06. The van der Waals surface area contributed by atoms with Gasteiger partial charge in [-0.15, -0.1) is 0 Å². The van der Waals surface area contributed by atoms with Crippen molar-refractivity contribution >= 4 is 27.4 Å². The van der Waals surface area contributed by atoms with Gasteiger partial charge in [0, 0.05) is 29.3 Å². The summed E-state index contributed by atoms with van der Waals surface area (Å²) in [6.45, 7) is 4.46. The highest BCUT2D eigenvalue weighted by Gasteiger charge is 2.12. The minimum atomic E-state index is 0.0863. The van der Waals surface area contributed by atoms with Crippen molar-refractivity contribution < 1.29 is 4.79 Å². The Morgan fingerprint density at radius 3 is 2.40 bits per heavy atom. The first-order valence-corrected chi connectivity index (χ1v) is 7.34. The van der Waals surface area contributed by atoms with Crippen molar-refractivity contribution in [3.05, 3.63) is 63.6 Å². The summed E-state index contributed by atoms with van der Waals surface area (Å²) < 4.78 is 0.980. The molecule has 0 aromatic heterocycles. The van der Waals surface area contributed by atoms with Crippen LogP contribution >= 0.6 is 15.9 Å². The van der Waals surface area contributed by atoms with Crippen LogP contribution in [0, 0.1) is 6.92 Å². The lowest BCUT2D eigenvalue weighted by molar-refractivity contribution is 0.101. The molecule has 0 unspecified atom stereocenters. The molecule has 0 aliphatic rings. The third-order valence-electron chi connectivity index (χ3n) is 3.29. The molecule has 0 bridgehead atoms. The van der Waals surface area contributed by atoms with Crippen LogP contribution in [-0.2, 0) is 6.54 Å². The van der Waals surface area contributed by atoms with Crippen LogP contribution in [0.5, 0.6) is 0 Å². The minimum absolute atomic E-state index is 0.0863. The lowest BCUT2D eigenvalue weighted by atomic mass is 10.1. The van der Waals surface area contributed by atoms with Crippen LogP contribution in [0.1, 0.15) is 28.4 Å². The van der Waals surface area contributed by atoms with Gasteiger partial charge >= 0.3 is 0 Å². The lowest BCUT2D eigenvalue weighted by Gasteiger charge is -2.22. The number of rotatable bonds is 4. The van der Waals surface area contributed by atoms with Gasteiger partial charge in [-0.3, -0.25) is 4.79 Å². The Kier molecular flexibility index (Phi) is 4.61. The molecule has 0 saturated heterocycles. The summed E-state index contributed by atoms with van der Waals surface area (Å²) in [7, 11) is 2.01. The monoisotopic (exact) mass is 331 g/mol. The van der Waals surface area contributed by atoms with E-state index in [9.17, 15) is 4.79 Å². The van der Waals surface area contributed by atoms with E-state index in [1.54, 1.807) is 6.92 Å². The van der Waals surface area contributed by atoms with Crippen LogP contribution in [0.4, 0.5) is 5.69 Å². The predicted molar refractivity (Wildman–Crippen MR) is 87.4 cm³/mol. The normalized spacial score (nSPS) is 10.4. The Bertz CT molecular complexity index is 619. The van der Waals surface area contributed by atoms with Gasteiger partial charge in [-0.05, 0) is 37.6 Å². The summed E-state index contributed by atoms with van der Waals surface area (Å²) in [5, 5.41) is 0. The predicted octanol–water partition coefficient (Wildman–Crippen LogP) is 4.60.